The number of nitrogens with two attached hydrogens (primary N) is 1. The molecule has 0 radical (unpaired) electrons. The Morgan fingerprint density at radius 3 is 2.88 bits per heavy atom. The fourth-order valence-corrected chi connectivity index (χ4v) is 2.08. The van der Waals surface area contributed by atoms with Gasteiger partial charge < -0.3 is 5.73 Å². The molecule has 16 heavy (non-hydrogen) atoms. The van der Waals surface area contributed by atoms with Crippen LogP contribution in [0.15, 0.2) is 28.9 Å². The predicted octanol–water partition coefficient (Wildman–Crippen LogP) is 3.06. The molecule has 3 nitrogen and oxygen atoms in total. The van der Waals surface area contributed by atoms with Gasteiger partial charge in [-0.15, -0.1) is 0 Å². The average Bonchev–Trinajstić information content (AvgIpc) is 2.63. The van der Waals surface area contributed by atoms with Gasteiger partial charge in [-0.1, -0.05) is 17.7 Å². The summed E-state index contributed by atoms with van der Waals surface area (Å²) in [7, 11) is 0. The molecule has 0 atom stereocenters. The van der Waals surface area contributed by atoms with Gasteiger partial charge in [0.1, 0.15) is 0 Å². The fraction of sp³-hybridized carbons (Fsp3) is 0.182. The van der Waals surface area contributed by atoms with Gasteiger partial charge in [-0.2, -0.15) is 5.10 Å². The number of nitrogens with zero attached hydrogens (tertiary/aromatic N) is 2. The monoisotopic (exact) mass is 299 g/mol. The van der Waals surface area contributed by atoms with Gasteiger partial charge in [0.15, 0.2) is 0 Å². The van der Waals surface area contributed by atoms with Crippen molar-refractivity contribution in [3.63, 3.8) is 0 Å². The standard InChI is InChI=1S/C11H11BrClN3/c1-7-2-3-8(13)4-11(7)16-6-9(12)10(5-14)15-16/h2-4,6H,5,14H2,1H3. The lowest BCUT2D eigenvalue weighted by molar-refractivity contribution is 0.828. The lowest BCUT2D eigenvalue weighted by Gasteiger charge is -2.05. The molecule has 0 bridgehead atoms. The van der Waals surface area contributed by atoms with Crippen molar-refractivity contribution in [1.29, 1.82) is 0 Å². The topological polar surface area (TPSA) is 43.8 Å². The second-order valence-corrected chi connectivity index (χ2v) is 4.79. The zero-order valence-corrected chi connectivity index (χ0v) is 11.1. The maximum atomic E-state index is 5.97. The van der Waals surface area contributed by atoms with E-state index in [1.54, 1.807) is 4.68 Å². The van der Waals surface area contributed by atoms with Gasteiger partial charge in [0.25, 0.3) is 0 Å². The Morgan fingerprint density at radius 1 is 1.50 bits per heavy atom. The predicted molar refractivity (Wildman–Crippen MR) is 68.9 cm³/mol. The van der Waals surface area contributed by atoms with Gasteiger partial charge in [0.05, 0.1) is 15.9 Å². The third kappa shape index (κ3) is 2.14. The van der Waals surface area contributed by atoms with Crippen molar-refractivity contribution in [2.24, 2.45) is 5.73 Å². The molecule has 1 heterocycles. The minimum absolute atomic E-state index is 0.410. The summed E-state index contributed by atoms with van der Waals surface area (Å²) in [6.07, 6.45) is 1.89. The Labute approximate surface area is 107 Å². The van der Waals surface area contributed by atoms with Crippen LogP contribution in [0.5, 0.6) is 0 Å². The van der Waals surface area contributed by atoms with Crippen LogP contribution in [-0.4, -0.2) is 9.78 Å². The Bertz CT molecular complexity index is 522. The zero-order valence-electron chi connectivity index (χ0n) is 8.74. The van der Waals surface area contributed by atoms with Crippen molar-refractivity contribution < 1.29 is 0 Å². The Kier molecular flexibility index (Phi) is 3.33. The van der Waals surface area contributed by atoms with Crippen molar-refractivity contribution in [1.82, 2.24) is 9.78 Å². The fourth-order valence-electron chi connectivity index (χ4n) is 1.48. The van der Waals surface area contributed by atoms with Crippen LogP contribution in [0.2, 0.25) is 5.02 Å². The molecule has 0 saturated heterocycles. The molecule has 5 heteroatoms. The lowest BCUT2D eigenvalue weighted by atomic mass is 10.2. The third-order valence-corrected chi connectivity index (χ3v) is 3.25. The minimum atomic E-state index is 0.410. The molecule has 2 rings (SSSR count). The molecule has 0 aliphatic rings. The van der Waals surface area contributed by atoms with Crippen LogP contribution in [0.1, 0.15) is 11.3 Å². The van der Waals surface area contributed by atoms with Gasteiger partial charge >= 0.3 is 0 Å². The van der Waals surface area contributed by atoms with Crippen LogP contribution in [-0.2, 0) is 6.54 Å². The SMILES string of the molecule is Cc1ccc(Cl)cc1-n1cc(Br)c(CN)n1. The molecule has 0 aliphatic carbocycles. The van der Waals surface area contributed by atoms with Crippen molar-refractivity contribution in [3.8, 4) is 5.69 Å². The summed E-state index contributed by atoms with van der Waals surface area (Å²) < 4.78 is 2.70. The molecule has 84 valence electrons. The molecule has 0 fully saturated rings. The van der Waals surface area contributed by atoms with E-state index < -0.39 is 0 Å². The van der Waals surface area contributed by atoms with Crippen LogP contribution >= 0.6 is 27.5 Å². The van der Waals surface area contributed by atoms with E-state index in [2.05, 4.69) is 21.0 Å². The van der Waals surface area contributed by atoms with Crippen molar-refractivity contribution in [2.75, 3.05) is 0 Å². The summed E-state index contributed by atoms with van der Waals surface area (Å²) in [4.78, 5) is 0. The number of halogens is 2. The minimum Gasteiger partial charge on any atom is -0.325 e. The molecule has 0 unspecified atom stereocenters. The molecule has 2 aromatic rings. The number of rotatable bonds is 2. The summed E-state index contributed by atoms with van der Waals surface area (Å²) in [6.45, 7) is 2.43. The lowest BCUT2D eigenvalue weighted by Crippen LogP contribution is -2.01. The highest BCUT2D eigenvalue weighted by molar-refractivity contribution is 9.10. The first-order valence-corrected chi connectivity index (χ1v) is 5.99. The largest absolute Gasteiger partial charge is 0.325 e. The van der Waals surface area contributed by atoms with Crippen molar-refractivity contribution >= 4 is 27.5 Å². The number of hydrogen-bond donors (Lipinski definition) is 1. The van der Waals surface area contributed by atoms with Crippen molar-refractivity contribution in [2.45, 2.75) is 13.5 Å². The van der Waals surface area contributed by atoms with E-state index in [0.717, 1.165) is 21.4 Å². The Balaban J connectivity index is 2.53. The zero-order chi connectivity index (χ0) is 11.7. The van der Waals surface area contributed by atoms with E-state index in [0.29, 0.717) is 11.6 Å². The summed E-state index contributed by atoms with van der Waals surface area (Å²) in [5.74, 6) is 0. The van der Waals surface area contributed by atoms with Gasteiger partial charge in [0.2, 0.25) is 0 Å². The van der Waals surface area contributed by atoms with E-state index >= 15 is 0 Å². The number of benzene rings is 1. The van der Waals surface area contributed by atoms with Crippen LogP contribution < -0.4 is 5.73 Å². The van der Waals surface area contributed by atoms with Crippen LogP contribution in [0.4, 0.5) is 0 Å². The van der Waals surface area contributed by atoms with E-state index in [1.807, 2.05) is 31.3 Å². The normalized spacial score (nSPS) is 10.8. The molecule has 0 saturated carbocycles. The van der Waals surface area contributed by atoms with Crippen LogP contribution in [0.3, 0.4) is 0 Å². The van der Waals surface area contributed by atoms with Gasteiger partial charge in [-0.25, -0.2) is 4.68 Å². The average molecular weight is 301 g/mol. The molecular formula is C11H11BrClN3. The smallest absolute Gasteiger partial charge is 0.0906 e. The summed E-state index contributed by atoms with van der Waals surface area (Å²) in [5, 5.41) is 5.08. The van der Waals surface area contributed by atoms with Gasteiger partial charge in [0, 0.05) is 17.8 Å². The quantitative estimate of drug-likeness (QED) is 0.926. The second kappa shape index (κ2) is 4.57. The third-order valence-electron chi connectivity index (χ3n) is 2.35. The summed E-state index contributed by atoms with van der Waals surface area (Å²) in [6, 6.07) is 5.72. The first-order chi connectivity index (χ1) is 7.61. The maximum absolute atomic E-state index is 5.97. The molecule has 0 aliphatic heterocycles. The highest BCUT2D eigenvalue weighted by atomic mass is 79.9. The van der Waals surface area contributed by atoms with Crippen LogP contribution in [0, 0.1) is 6.92 Å². The van der Waals surface area contributed by atoms with Gasteiger partial charge in [-0.3, -0.25) is 0 Å². The van der Waals surface area contributed by atoms with E-state index in [4.69, 9.17) is 17.3 Å². The highest BCUT2D eigenvalue weighted by Crippen LogP contribution is 2.22. The number of aromatic nitrogens is 2. The maximum Gasteiger partial charge on any atom is 0.0906 e. The molecule has 0 amide bonds. The van der Waals surface area contributed by atoms with E-state index in [1.165, 1.54) is 0 Å². The molecule has 2 N–H and O–H groups in total. The molecule has 1 aromatic heterocycles. The van der Waals surface area contributed by atoms with E-state index in [-0.39, 0.29) is 0 Å². The highest BCUT2D eigenvalue weighted by Gasteiger charge is 2.08. The van der Waals surface area contributed by atoms with E-state index in [9.17, 15) is 0 Å². The molecule has 1 aromatic carbocycles. The summed E-state index contributed by atoms with van der Waals surface area (Å²) >= 11 is 9.39. The van der Waals surface area contributed by atoms with Gasteiger partial charge in [-0.05, 0) is 40.5 Å². The first-order valence-electron chi connectivity index (χ1n) is 4.82. The Hall–Kier alpha value is -0.840. The summed E-state index contributed by atoms with van der Waals surface area (Å²) in [5.41, 5.74) is 8.49. The molecule has 0 spiro atoms. The Morgan fingerprint density at radius 2 is 2.25 bits per heavy atom. The number of aryl methyl sites for hydroxylation is 1. The van der Waals surface area contributed by atoms with Crippen molar-refractivity contribution in [3.05, 3.63) is 45.1 Å². The molecular weight excluding hydrogens is 289 g/mol. The first kappa shape index (κ1) is 11.6. The van der Waals surface area contributed by atoms with Crippen LogP contribution in [0.25, 0.3) is 5.69 Å². The number of hydrogen-bond acceptors (Lipinski definition) is 2. The second-order valence-electron chi connectivity index (χ2n) is 3.50.